The summed E-state index contributed by atoms with van der Waals surface area (Å²) in [4.78, 5) is 15.8. The Hall–Kier alpha value is -1.42. The van der Waals surface area contributed by atoms with Crippen LogP contribution < -0.4 is 10.6 Å². The molecule has 0 aromatic carbocycles. The summed E-state index contributed by atoms with van der Waals surface area (Å²) in [5, 5.41) is 6.23. The van der Waals surface area contributed by atoms with Gasteiger partial charge in [-0.15, -0.1) is 0 Å². The number of hydrogen-bond donors (Lipinski definition) is 2. The van der Waals surface area contributed by atoms with Crippen molar-refractivity contribution in [2.45, 2.75) is 19.4 Å². The molecule has 0 spiro atoms. The van der Waals surface area contributed by atoms with Gasteiger partial charge in [0.15, 0.2) is 0 Å². The van der Waals surface area contributed by atoms with Crippen LogP contribution in [0.4, 0.5) is 0 Å². The van der Waals surface area contributed by atoms with Crippen LogP contribution >= 0.6 is 0 Å². The minimum atomic E-state index is 0.179. The molecule has 0 atom stereocenters. The van der Waals surface area contributed by atoms with Crippen molar-refractivity contribution >= 4 is 5.91 Å². The van der Waals surface area contributed by atoms with Gasteiger partial charge in [-0.1, -0.05) is 0 Å². The number of nitrogens with zero attached hydrogens (tertiary/aromatic N) is 1. The van der Waals surface area contributed by atoms with Gasteiger partial charge in [0.1, 0.15) is 0 Å². The monoisotopic (exact) mass is 219 g/mol. The van der Waals surface area contributed by atoms with Crippen molar-refractivity contribution in [2.75, 3.05) is 13.1 Å². The highest BCUT2D eigenvalue weighted by molar-refractivity contribution is 5.78. The van der Waals surface area contributed by atoms with Crippen LogP contribution in [0.25, 0.3) is 0 Å². The predicted octanol–water partition coefficient (Wildman–Crippen LogP) is 0.697. The summed E-state index contributed by atoms with van der Waals surface area (Å²) in [5.74, 6) is 0.362. The maximum Gasteiger partial charge on any atom is 0.223 e. The standard InChI is InChI=1S/C12H17N3O/c16-12(11-3-7-14-8-4-11)15-9-10-1-5-13-6-2-10/h1-2,5-6,11,14H,3-4,7-9H2,(H,15,16). The lowest BCUT2D eigenvalue weighted by Gasteiger charge is -2.21. The van der Waals surface area contributed by atoms with Crippen molar-refractivity contribution in [3.63, 3.8) is 0 Å². The van der Waals surface area contributed by atoms with E-state index in [1.165, 1.54) is 0 Å². The molecule has 4 heteroatoms. The zero-order valence-corrected chi connectivity index (χ0v) is 9.28. The van der Waals surface area contributed by atoms with E-state index in [2.05, 4.69) is 15.6 Å². The quantitative estimate of drug-likeness (QED) is 0.786. The number of pyridine rings is 1. The second kappa shape index (κ2) is 5.61. The molecule has 0 bridgehead atoms. The van der Waals surface area contributed by atoms with Gasteiger partial charge in [-0.3, -0.25) is 9.78 Å². The number of rotatable bonds is 3. The number of hydrogen-bond acceptors (Lipinski definition) is 3. The molecule has 86 valence electrons. The Balaban J connectivity index is 1.79. The lowest BCUT2D eigenvalue weighted by atomic mass is 9.97. The van der Waals surface area contributed by atoms with Crippen molar-refractivity contribution in [2.24, 2.45) is 5.92 Å². The average Bonchev–Trinajstić information content (AvgIpc) is 2.38. The van der Waals surface area contributed by atoms with E-state index in [4.69, 9.17) is 0 Å². The van der Waals surface area contributed by atoms with Crippen molar-refractivity contribution in [3.05, 3.63) is 30.1 Å². The van der Waals surface area contributed by atoms with Crippen LogP contribution in [0.2, 0.25) is 0 Å². The van der Waals surface area contributed by atoms with Crippen LogP contribution in [-0.2, 0) is 11.3 Å². The Labute approximate surface area is 95.5 Å². The van der Waals surface area contributed by atoms with Gasteiger partial charge < -0.3 is 10.6 Å². The van der Waals surface area contributed by atoms with Crippen LogP contribution in [-0.4, -0.2) is 24.0 Å². The molecular formula is C12H17N3O. The first-order chi connectivity index (χ1) is 7.86. The topological polar surface area (TPSA) is 54.0 Å². The first kappa shape index (κ1) is 11.1. The summed E-state index contributed by atoms with van der Waals surface area (Å²) in [7, 11) is 0. The fraction of sp³-hybridized carbons (Fsp3) is 0.500. The van der Waals surface area contributed by atoms with Crippen LogP contribution in [0.1, 0.15) is 18.4 Å². The fourth-order valence-electron chi connectivity index (χ4n) is 1.92. The summed E-state index contributed by atoms with van der Waals surface area (Å²) >= 11 is 0. The van der Waals surface area contributed by atoms with E-state index in [0.29, 0.717) is 6.54 Å². The van der Waals surface area contributed by atoms with E-state index in [-0.39, 0.29) is 11.8 Å². The van der Waals surface area contributed by atoms with Gasteiger partial charge in [-0.05, 0) is 43.6 Å². The third kappa shape index (κ3) is 3.03. The molecule has 2 N–H and O–H groups in total. The van der Waals surface area contributed by atoms with E-state index in [1.807, 2.05) is 12.1 Å². The molecule has 1 aliphatic heterocycles. The predicted molar refractivity (Wildman–Crippen MR) is 61.7 cm³/mol. The summed E-state index contributed by atoms with van der Waals surface area (Å²) in [6.45, 7) is 2.51. The number of piperidine rings is 1. The fourth-order valence-corrected chi connectivity index (χ4v) is 1.92. The number of amides is 1. The molecule has 0 unspecified atom stereocenters. The highest BCUT2D eigenvalue weighted by Gasteiger charge is 2.20. The molecule has 0 radical (unpaired) electrons. The maximum absolute atomic E-state index is 11.8. The normalized spacial score (nSPS) is 17.0. The molecule has 1 saturated heterocycles. The number of aromatic nitrogens is 1. The first-order valence-electron chi connectivity index (χ1n) is 5.73. The van der Waals surface area contributed by atoms with Crippen molar-refractivity contribution in [3.8, 4) is 0 Å². The molecule has 1 fully saturated rings. The van der Waals surface area contributed by atoms with E-state index < -0.39 is 0 Å². The Kier molecular flexibility index (Phi) is 3.88. The number of nitrogens with one attached hydrogen (secondary N) is 2. The van der Waals surface area contributed by atoms with Gasteiger partial charge in [0.2, 0.25) is 5.91 Å². The minimum Gasteiger partial charge on any atom is -0.352 e. The molecule has 0 aliphatic carbocycles. The molecule has 2 rings (SSSR count). The van der Waals surface area contributed by atoms with Crippen molar-refractivity contribution in [1.82, 2.24) is 15.6 Å². The van der Waals surface area contributed by atoms with Crippen molar-refractivity contribution < 1.29 is 4.79 Å². The zero-order valence-electron chi connectivity index (χ0n) is 9.28. The average molecular weight is 219 g/mol. The van der Waals surface area contributed by atoms with Crippen LogP contribution in [0.5, 0.6) is 0 Å². The highest BCUT2D eigenvalue weighted by Crippen LogP contribution is 2.11. The molecule has 4 nitrogen and oxygen atoms in total. The Morgan fingerprint density at radius 2 is 2.06 bits per heavy atom. The maximum atomic E-state index is 11.8. The van der Waals surface area contributed by atoms with Crippen molar-refractivity contribution in [1.29, 1.82) is 0 Å². The SMILES string of the molecule is O=C(NCc1ccncc1)C1CCNCC1. The second-order valence-corrected chi connectivity index (χ2v) is 4.10. The van der Waals surface area contributed by atoms with Gasteiger partial charge in [0.25, 0.3) is 0 Å². The largest absolute Gasteiger partial charge is 0.352 e. The Morgan fingerprint density at radius 3 is 2.75 bits per heavy atom. The van der Waals surface area contributed by atoms with Crippen LogP contribution in [0.15, 0.2) is 24.5 Å². The summed E-state index contributed by atoms with van der Waals surface area (Å²) in [6.07, 6.45) is 5.38. The molecule has 1 aromatic heterocycles. The molecular weight excluding hydrogens is 202 g/mol. The molecule has 1 amide bonds. The Bertz CT molecular complexity index is 333. The third-order valence-electron chi connectivity index (χ3n) is 2.93. The molecule has 2 heterocycles. The lowest BCUT2D eigenvalue weighted by molar-refractivity contribution is -0.125. The zero-order chi connectivity index (χ0) is 11.2. The van der Waals surface area contributed by atoms with E-state index in [9.17, 15) is 4.79 Å². The summed E-state index contributed by atoms with van der Waals surface area (Å²) in [6, 6.07) is 3.84. The molecule has 0 saturated carbocycles. The van der Waals surface area contributed by atoms with Gasteiger partial charge in [-0.2, -0.15) is 0 Å². The number of carbonyl (C=O) groups is 1. The van der Waals surface area contributed by atoms with Crippen LogP contribution in [0, 0.1) is 5.92 Å². The third-order valence-corrected chi connectivity index (χ3v) is 2.93. The van der Waals surface area contributed by atoms with Crippen LogP contribution in [0.3, 0.4) is 0 Å². The first-order valence-corrected chi connectivity index (χ1v) is 5.73. The molecule has 1 aromatic rings. The second-order valence-electron chi connectivity index (χ2n) is 4.10. The molecule has 16 heavy (non-hydrogen) atoms. The van der Waals surface area contributed by atoms with Gasteiger partial charge in [0.05, 0.1) is 0 Å². The lowest BCUT2D eigenvalue weighted by Crippen LogP contribution is -2.37. The smallest absolute Gasteiger partial charge is 0.223 e. The van der Waals surface area contributed by atoms with Gasteiger partial charge in [-0.25, -0.2) is 0 Å². The summed E-state index contributed by atoms with van der Waals surface area (Å²) in [5.41, 5.74) is 1.09. The van der Waals surface area contributed by atoms with Gasteiger partial charge >= 0.3 is 0 Å². The minimum absolute atomic E-state index is 0.179. The number of carbonyl (C=O) groups excluding carboxylic acids is 1. The van der Waals surface area contributed by atoms with E-state index in [1.54, 1.807) is 12.4 Å². The highest BCUT2D eigenvalue weighted by atomic mass is 16.1. The molecule has 1 aliphatic rings. The van der Waals surface area contributed by atoms with E-state index in [0.717, 1.165) is 31.5 Å². The summed E-state index contributed by atoms with van der Waals surface area (Å²) < 4.78 is 0. The van der Waals surface area contributed by atoms with Gasteiger partial charge in [0, 0.05) is 24.9 Å². The Morgan fingerprint density at radius 1 is 1.38 bits per heavy atom. The van der Waals surface area contributed by atoms with E-state index >= 15 is 0 Å².